The average molecular weight is 381 g/mol. The molecular formula is C14H13BrN4O2S. The van der Waals surface area contributed by atoms with Crippen molar-refractivity contribution in [1.29, 1.82) is 0 Å². The summed E-state index contributed by atoms with van der Waals surface area (Å²) in [4.78, 5) is 2.55. The summed E-state index contributed by atoms with van der Waals surface area (Å²) in [6.45, 7) is 0.485. The van der Waals surface area contributed by atoms with E-state index in [2.05, 4.69) is 31.3 Å². The van der Waals surface area contributed by atoms with Crippen molar-refractivity contribution < 1.29 is 9.47 Å². The van der Waals surface area contributed by atoms with Crippen molar-refractivity contribution in [3.8, 4) is 22.2 Å². The lowest BCUT2D eigenvalue weighted by Crippen LogP contribution is -2.05. The number of thiophene rings is 1. The maximum Gasteiger partial charge on any atom is 0.214 e. The molecule has 0 aliphatic rings. The lowest BCUT2D eigenvalue weighted by Gasteiger charge is -2.11. The summed E-state index contributed by atoms with van der Waals surface area (Å²) in [6, 6.07) is 7.70. The zero-order valence-corrected chi connectivity index (χ0v) is 14.4. The van der Waals surface area contributed by atoms with Gasteiger partial charge in [0.25, 0.3) is 0 Å². The molecule has 0 radical (unpaired) electrons. The van der Waals surface area contributed by atoms with Crippen LogP contribution in [0, 0.1) is 0 Å². The summed E-state index contributed by atoms with van der Waals surface area (Å²) in [5.74, 6) is 1.97. The van der Waals surface area contributed by atoms with Crippen LogP contribution >= 0.6 is 27.3 Å². The first-order valence-electron chi connectivity index (χ1n) is 6.43. The highest BCUT2D eigenvalue weighted by atomic mass is 79.9. The number of ether oxygens (including phenoxy) is 2. The standard InChI is InChI=1S/C14H13BrN4O2S/c1-20-11-6-9(10(15)7-12(11)21-2)8-19-17-14(16-18-19)13-4-3-5-22-13/h3-7H,8H2,1-2H3. The van der Waals surface area contributed by atoms with Gasteiger partial charge >= 0.3 is 0 Å². The van der Waals surface area contributed by atoms with Gasteiger partial charge in [0.1, 0.15) is 0 Å². The van der Waals surface area contributed by atoms with Gasteiger partial charge in [0.2, 0.25) is 5.82 Å². The Balaban J connectivity index is 1.87. The van der Waals surface area contributed by atoms with Crippen molar-refractivity contribution in [3.63, 3.8) is 0 Å². The Morgan fingerprint density at radius 2 is 2.00 bits per heavy atom. The quantitative estimate of drug-likeness (QED) is 0.679. The van der Waals surface area contributed by atoms with E-state index in [0.29, 0.717) is 23.9 Å². The van der Waals surface area contributed by atoms with Gasteiger partial charge in [-0.25, -0.2) is 0 Å². The number of tetrazole rings is 1. The molecular weight excluding hydrogens is 368 g/mol. The van der Waals surface area contributed by atoms with Crippen molar-refractivity contribution in [2.45, 2.75) is 6.54 Å². The number of methoxy groups -OCH3 is 2. The van der Waals surface area contributed by atoms with Crippen LogP contribution in [-0.2, 0) is 6.54 Å². The Bertz CT molecular complexity index is 773. The van der Waals surface area contributed by atoms with Crippen LogP contribution in [0.3, 0.4) is 0 Å². The highest BCUT2D eigenvalue weighted by Gasteiger charge is 2.12. The Labute approximate surface area is 139 Å². The van der Waals surface area contributed by atoms with Crippen LogP contribution in [0.2, 0.25) is 0 Å². The molecule has 0 saturated heterocycles. The van der Waals surface area contributed by atoms with Gasteiger partial charge in [-0.1, -0.05) is 22.0 Å². The van der Waals surface area contributed by atoms with E-state index < -0.39 is 0 Å². The third kappa shape index (κ3) is 2.97. The monoisotopic (exact) mass is 380 g/mol. The van der Waals surface area contributed by atoms with Gasteiger partial charge < -0.3 is 9.47 Å². The van der Waals surface area contributed by atoms with Gasteiger partial charge in [0.15, 0.2) is 11.5 Å². The second-order valence-electron chi connectivity index (χ2n) is 4.42. The van der Waals surface area contributed by atoms with Crippen molar-refractivity contribution in [2.24, 2.45) is 0 Å². The zero-order valence-electron chi connectivity index (χ0n) is 12.0. The molecule has 2 heterocycles. The minimum absolute atomic E-state index is 0.485. The van der Waals surface area contributed by atoms with Gasteiger partial charge in [-0.3, -0.25) is 0 Å². The van der Waals surface area contributed by atoms with Gasteiger partial charge in [0, 0.05) is 4.47 Å². The van der Waals surface area contributed by atoms with E-state index in [0.717, 1.165) is 14.9 Å². The van der Waals surface area contributed by atoms with Crippen LogP contribution in [0.4, 0.5) is 0 Å². The molecule has 1 aromatic carbocycles. The molecule has 0 saturated carbocycles. The minimum atomic E-state index is 0.485. The minimum Gasteiger partial charge on any atom is -0.493 e. The molecule has 0 bridgehead atoms. The number of benzene rings is 1. The average Bonchev–Trinajstić information content (AvgIpc) is 3.19. The molecule has 6 nitrogen and oxygen atoms in total. The summed E-state index contributed by atoms with van der Waals surface area (Å²) in [5, 5.41) is 14.6. The lowest BCUT2D eigenvalue weighted by molar-refractivity contribution is 0.354. The highest BCUT2D eigenvalue weighted by molar-refractivity contribution is 9.10. The van der Waals surface area contributed by atoms with Crippen LogP contribution < -0.4 is 9.47 Å². The molecule has 0 fully saturated rings. The van der Waals surface area contributed by atoms with E-state index >= 15 is 0 Å². The lowest BCUT2D eigenvalue weighted by atomic mass is 10.2. The Morgan fingerprint density at radius 1 is 1.23 bits per heavy atom. The fourth-order valence-corrected chi connectivity index (χ4v) is 3.08. The summed E-state index contributed by atoms with van der Waals surface area (Å²) >= 11 is 5.12. The van der Waals surface area contributed by atoms with E-state index in [1.807, 2.05) is 29.6 Å². The van der Waals surface area contributed by atoms with Crippen molar-refractivity contribution in [3.05, 3.63) is 39.7 Å². The molecule has 0 aliphatic heterocycles. The molecule has 0 spiro atoms. The predicted octanol–water partition coefficient (Wildman–Crippen LogP) is 3.23. The second kappa shape index (κ2) is 6.45. The molecule has 0 atom stereocenters. The van der Waals surface area contributed by atoms with Gasteiger partial charge in [-0.05, 0) is 34.4 Å². The first kappa shape index (κ1) is 15.0. The van der Waals surface area contributed by atoms with Crippen LogP contribution in [0.25, 0.3) is 10.7 Å². The number of hydrogen-bond donors (Lipinski definition) is 0. The maximum atomic E-state index is 5.32. The predicted molar refractivity (Wildman–Crippen MR) is 87.5 cm³/mol. The van der Waals surface area contributed by atoms with Crippen molar-refractivity contribution in [1.82, 2.24) is 20.2 Å². The zero-order chi connectivity index (χ0) is 15.5. The maximum absolute atomic E-state index is 5.32. The third-order valence-electron chi connectivity index (χ3n) is 3.06. The van der Waals surface area contributed by atoms with Crippen LogP contribution in [0.1, 0.15) is 5.56 Å². The largest absolute Gasteiger partial charge is 0.493 e. The molecule has 0 unspecified atom stereocenters. The van der Waals surface area contributed by atoms with Crippen LogP contribution in [-0.4, -0.2) is 34.4 Å². The summed E-state index contributed by atoms with van der Waals surface area (Å²) in [6.07, 6.45) is 0. The number of aromatic nitrogens is 4. The van der Waals surface area contributed by atoms with E-state index in [9.17, 15) is 0 Å². The molecule has 3 aromatic rings. The smallest absolute Gasteiger partial charge is 0.214 e. The molecule has 0 aliphatic carbocycles. The van der Waals surface area contributed by atoms with Gasteiger partial charge in [-0.2, -0.15) is 4.80 Å². The Hall–Kier alpha value is -1.93. The SMILES string of the molecule is COc1cc(Br)c(Cn2nnc(-c3cccs3)n2)cc1OC. The Morgan fingerprint density at radius 3 is 2.68 bits per heavy atom. The highest BCUT2D eigenvalue weighted by Crippen LogP contribution is 2.33. The van der Waals surface area contributed by atoms with Crippen molar-refractivity contribution >= 4 is 27.3 Å². The van der Waals surface area contributed by atoms with E-state index in [1.54, 1.807) is 30.4 Å². The molecule has 2 aromatic heterocycles. The summed E-state index contributed by atoms with van der Waals surface area (Å²) in [5.41, 5.74) is 0.979. The van der Waals surface area contributed by atoms with Crippen molar-refractivity contribution in [2.75, 3.05) is 14.2 Å². The molecule has 8 heteroatoms. The summed E-state index contributed by atoms with van der Waals surface area (Å²) in [7, 11) is 3.22. The molecule has 114 valence electrons. The van der Waals surface area contributed by atoms with Crippen LogP contribution in [0.15, 0.2) is 34.1 Å². The normalized spacial score (nSPS) is 10.7. The Kier molecular flexibility index (Phi) is 4.39. The van der Waals surface area contributed by atoms with Gasteiger partial charge in [-0.15, -0.1) is 21.5 Å². The number of nitrogens with zero attached hydrogens (tertiary/aromatic N) is 4. The molecule has 0 N–H and O–H groups in total. The van der Waals surface area contributed by atoms with Gasteiger partial charge in [0.05, 0.1) is 25.6 Å². The second-order valence-corrected chi connectivity index (χ2v) is 6.22. The fourth-order valence-electron chi connectivity index (χ4n) is 1.98. The molecule has 22 heavy (non-hydrogen) atoms. The third-order valence-corrected chi connectivity index (χ3v) is 4.66. The number of halogens is 1. The van der Waals surface area contributed by atoms with E-state index in [1.165, 1.54) is 0 Å². The molecule has 0 amide bonds. The topological polar surface area (TPSA) is 62.1 Å². The number of hydrogen-bond acceptors (Lipinski definition) is 6. The number of rotatable bonds is 5. The van der Waals surface area contributed by atoms with Crippen LogP contribution in [0.5, 0.6) is 11.5 Å². The molecule has 3 rings (SSSR count). The fraction of sp³-hybridized carbons (Fsp3) is 0.214. The summed E-state index contributed by atoms with van der Waals surface area (Å²) < 4.78 is 11.5. The first-order valence-corrected chi connectivity index (χ1v) is 8.10. The van der Waals surface area contributed by atoms with E-state index in [-0.39, 0.29) is 0 Å². The first-order chi connectivity index (χ1) is 10.7. The van der Waals surface area contributed by atoms with E-state index in [4.69, 9.17) is 9.47 Å².